The van der Waals surface area contributed by atoms with Gasteiger partial charge in [-0.2, -0.15) is 0 Å². The average Bonchev–Trinajstić information content (AvgIpc) is 2.78. The van der Waals surface area contributed by atoms with E-state index in [-0.39, 0.29) is 5.97 Å². The van der Waals surface area contributed by atoms with Crippen LogP contribution in [0.2, 0.25) is 19.6 Å². The molecule has 3 heteroatoms. The molecule has 1 aromatic rings. The van der Waals surface area contributed by atoms with Gasteiger partial charge in [0.05, 0.1) is 14.7 Å². The smallest absolute Gasteiger partial charge is 0.331 e. The van der Waals surface area contributed by atoms with E-state index in [2.05, 4.69) is 62.6 Å². The summed E-state index contributed by atoms with van der Waals surface area (Å²) in [6.45, 7) is 13.7. The van der Waals surface area contributed by atoms with Gasteiger partial charge < -0.3 is 4.74 Å². The number of carbonyl (C=O) groups excluding carboxylic acids is 1. The zero-order valence-corrected chi connectivity index (χ0v) is 17.5. The second-order valence-electron chi connectivity index (χ2n) is 7.76. The third-order valence-corrected chi connectivity index (χ3v) is 6.90. The fourth-order valence-electron chi connectivity index (χ4n) is 3.04. The molecule has 0 radical (unpaired) electrons. The lowest BCUT2D eigenvalue weighted by molar-refractivity contribution is -0.137. The molecule has 0 aromatic heterocycles. The molecule has 0 saturated heterocycles. The second kappa shape index (κ2) is 8.99. The first-order valence-electron chi connectivity index (χ1n) is 9.31. The average molecular weight is 367 g/mol. The molecule has 0 heterocycles. The van der Waals surface area contributed by atoms with E-state index in [0.29, 0.717) is 6.61 Å². The summed E-state index contributed by atoms with van der Waals surface area (Å²) >= 11 is 0. The predicted octanol–water partition coefficient (Wildman–Crippen LogP) is 5.80. The summed E-state index contributed by atoms with van der Waals surface area (Å²) in [6.07, 6.45) is 8.77. The van der Waals surface area contributed by atoms with Crippen LogP contribution in [0, 0.1) is 0 Å². The van der Waals surface area contributed by atoms with E-state index in [4.69, 9.17) is 4.74 Å². The number of allylic oxidation sites excluding steroid dienone is 6. The maximum Gasteiger partial charge on any atom is 0.331 e. The van der Waals surface area contributed by atoms with Gasteiger partial charge in [0, 0.05) is 6.08 Å². The SMILES string of the molecule is C=C(Cc1ccccc1)C1=C/C(=C/C(=O)OCC)CCC([Si](C)(C)C)=C1. The highest BCUT2D eigenvalue weighted by molar-refractivity contribution is 6.83. The van der Waals surface area contributed by atoms with Gasteiger partial charge in [0.15, 0.2) is 0 Å². The molecule has 0 atom stereocenters. The third-order valence-electron chi connectivity index (χ3n) is 4.58. The van der Waals surface area contributed by atoms with Crippen molar-refractivity contribution in [2.24, 2.45) is 0 Å². The summed E-state index contributed by atoms with van der Waals surface area (Å²) in [6, 6.07) is 10.4. The molecule has 0 saturated carbocycles. The third kappa shape index (κ3) is 5.99. The minimum Gasteiger partial charge on any atom is -0.463 e. The molecule has 1 aliphatic carbocycles. The molecule has 2 nitrogen and oxygen atoms in total. The molecule has 0 N–H and O–H groups in total. The van der Waals surface area contributed by atoms with Crippen molar-refractivity contribution in [1.82, 2.24) is 0 Å². The molecule has 0 amide bonds. The van der Waals surface area contributed by atoms with Crippen molar-refractivity contribution in [3.63, 3.8) is 0 Å². The first kappa shape index (κ1) is 20.2. The van der Waals surface area contributed by atoms with Gasteiger partial charge in [-0.1, -0.05) is 73.9 Å². The summed E-state index contributed by atoms with van der Waals surface area (Å²) in [5.41, 5.74) is 4.50. The van der Waals surface area contributed by atoms with Gasteiger partial charge in [0.25, 0.3) is 0 Å². The number of rotatable bonds is 6. The van der Waals surface area contributed by atoms with Gasteiger partial charge in [0.2, 0.25) is 0 Å². The van der Waals surface area contributed by atoms with E-state index in [1.54, 1.807) is 6.08 Å². The zero-order valence-electron chi connectivity index (χ0n) is 16.5. The van der Waals surface area contributed by atoms with Crippen molar-refractivity contribution in [2.75, 3.05) is 6.61 Å². The molecule has 0 bridgehead atoms. The maximum atomic E-state index is 11.9. The highest BCUT2D eigenvalue weighted by atomic mass is 28.3. The predicted molar refractivity (Wildman–Crippen MR) is 113 cm³/mol. The number of carbonyl (C=O) groups is 1. The van der Waals surface area contributed by atoms with E-state index < -0.39 is 8.07 Å². The van der Waals surface area contributed by atoms with Crippen LogP contribution >= 0.6 is 0 Å². The molecular weight excluding hydrogens is 336 g/mol. The fourth-order valence-corrected chi connectivity index (χ4v) is 4.51. The second-order valence-corrected chi connectivity index (χ2v) is 12.9. The standard InChI is InChI=1S/C23H30O2Si/c1-6-25-23(24)16-20-12-13-22(26(3,4)5)17-21(15-20)18(2)14-19-10-8-7-9-11-19/h7-11,15-17H,2,6,12-14H2,1,3-5H3/b20-16+. The summed E-state index contributed by atoms with van der Waals surface area (Å²) in [5, 5.41) is 1.52. The van der Waals surface area contributed by atoms with Crippen LogP contribution in [-0.2, 0) is 16.0 Å². The Morgan fingerprint density at radius 1 is 1.15 bits per heavy atom. The first-order valence-corrected chi connectivity index (χ1v) is 12.8. The Kier molecular flexibility index (Phi) is 6.98. The molecule has 0 unspecified atom stereocenters. The Bertz CT molecular complexity index is 746. The Morgan fingerprint density at radius 2 is 1.85 bits per heavy atom. The highest BCUT2D eigenvalue weighted by Gasteiger charge is 2.22. The van der Waals surface area contributed by atoms with Gasteiger partial charge >= 0.3 is 5.97 Å². The molecule has 138 valence electrons. The van der Waals surface area contributed by atoms with Gasteiger partial charge in [-0.15, -0.1) is 0 Å². The number of hydrogen-bond acceptors (Lipinski definition) is 2. The van der Waals surface area contributed by atoms with Crippen LogP contribution in [-0.4, -0.2) is 20.7 Å². The molecular formula is C23H30O2Si. The number of hydrogen-bond donors (Lipinski definition) is 0. The monoisotopic (exact) mass is 366 g/mol. The molecule has 1 aliphatic rings. The normalized spacial score (nSPS) is 16.5. The van der Waals surface area contributed by atoms with E-state index in [0.717, 1.165) is 36.0 Å². The quantitative estimate of drug-likeness (QED) is 0.361. The Labute approximate surface area is 159 Å². The largest absolute Gasteiger partial charge is 0.463 e. The van der Waals surface area contributed by atoms with Crippen LogP contribution in [0.3, 0.4) is 0 Å². The highest BCUT2D eigenvalue weighted by Crippen LogP contribution is 2.31. The summed E-state index contributed by atoms with van der Waals surface area (Å²) in [5.74, 6) is -0.261. The van der Waals surface area contributed by atoms with Gasteiger partial charge in [-0.3, -0.25) is 0 Å². The topological polar surface area (TPSA) is 26.3 Å². The Balaban J connectivity index is 2.33. The zero-order chi connectivity index (χ0) is 19.2. The van der Waals surface area contributed by atoms with Crippen molar-refractivity contribution >= 4 is 14.0 Å². The molecule has 0 spiro atoms. The van der Waals surface area contributed by atoms with Gasteiger partial charge in [0.1, 0.15) is 0 Å². The van der Waals surface area contributed by atoms with Crippen molar-refractivity contribution in [3.8, 4) is 0 Å². The Morgan fingerprint density at radius 3 is 2.46 bits per heavy atom. The summed E-state index contributed by atoms with van der Waals surface area (Å²) < 4.78 is 5.10. The number of ether oxygens (including phenoxy) is 1. The first-order chi connectivity index (χ1) is 12.3. The van der Waals surface area contributed by atoms with E-state index in [9.17, 15) is 4.79 Å². The minimum atomic E-state index is -1.42. The summed E-state index contributed by atoms with van der Waals surface area (Å²) in [7, 11) is -1.42. The maximum absolute atomic E-state index is 11.9. The van der Waals surface area contributed by atoms with Crippen molar-refractivity contribution < 1.29 is 9.53 Å². The molecule has 2 rings (SSSR count). The van der Waals surface area contributed by atoms with Gasteiger partial charge in [-0.25, -0.2) is 4.79 Å². The lowest BCUT2D eigenvalue weighted by Gasteiger charge is -2.21. The van der Waals surface area contributed by atoms with Crippen LogP contribution < -0.4 is 0 Å². The van der Waals surface area contributed by atoms with Crippen molar-refractivity contribution in [1.29, 1.82) is 0 Å². The molecule has 0 aliphatic heterocycles. The Hall–Kier alpha value is -2.13. The molecule has 26 heavy (non-hydrogen) atoms. The van der Waals surface area contributed by atoms with Crippen LogP contribution in [0.5, 0.6) is 0 Å². The van der Waals surface area contributed by atoms with Crippen LogP contribution in [0.15, 0.2) is 77.1 Å². The van der Waals surface area contributed by atoms with E-state index in [1.807, 2.05) is 13.0 Å². The van der Waals surface area contributed by atoms with Gasteiger partial charge in [-0.05, 0) is 48.5 Å². The van der Waals surface area contributed by atoms with Crippen LogP contribution in [0.4, 0.5) is 0 Å². The lowest BCUT2D eigenvalue weighted by atomic mass is 9.98. The summed E-state index contributed by atoms with van der Waals surface area (Å²) in [4.78, 5) is 11.9. The molecule has 0 fully saturated rings. The van der Waals surface area contributed by atoms with Crippen LogP contribution in [0.1, 0.15) is 25.3 Å². The van der Waals surface area contributed by atoms with E-state index in [1.165, 1.54) is 10.8 Å². The van der Waals surface area contributed by atoms with E-state index >= 15 is 0 Å². The lowest BCUT2D eigenvalue weighted by Crippen LogP contribution is -2.24. The number of esters is 1. The van der Waals surface area contributed by atoms with Crippen molar-refractivity contribution in [2.45, 2.75) is 45.8 Å². The van der Waals surface area contributed by atoms with Crippen LogP contribution in [0.25, 0.3) is 0 Å². The number of benzene rings is 1. The van der Waals surface area contributed by atoms with Crippen molar-refractivity contribution in [3.05, 3.63) is 82.6 Å². The fraction of sp³-hybridized carbons (Fsp3) is 0.348. The molecule has 1 aromatic carbocycles. The minimum absolute atomic E-state index is 0.261.